The smallest absolute Gasteiger partial charge is 0.231 e. The molecule has 0 unspecified atom stereocenters. The van der Waals surface area contributed by atoms with Crippen LogP contribution in [0, 0.1) is 0 Å². The largest absolute Gasteiger partial charge is 0.315 e. The first-order valence-corrected chi connectivity index (χ1v) is 6.37. The molecular formula is C17H15NO. The highest BCUT2D eigenvalue weighted by molar-refractivity contribution is 5.97. The highest BCUT2D eigenvalue weighted by atomic mass is 16.2. The van der Waals surface area contributed by atoms with Crippen molar-refractivity contribution in [1.82, 2.24) is 4.90 Å². The highest BCUT2D eigenvalue weighted by Crippen LogP contribution is 2.29. The van der Waals surface area contributed by atoms with Gasteiger partial charge in [0.15, 0.2) is 0 Å². The van der Waals surface area contributed by atoms with Gasteiger partial charge in [-0.05, 0) is 17.2 Å². The van der Waals surface area contributed by atoms with Crippen LogP contribution in [0.3, 0.4) is 0 Å². The molecule has 0 radical (unpaired) electrons. The van der Waals surface area contributed by atoms with Crippen LogP contribution in [-0.4, -0.2) is 17.9 Å². The number of nitrogens with zero attached hydrogens (tertiary/aromatic N) is 1. The fourth-order valence-corrected chi connectivity index (χ4v) is 2.40. The van der Waals surface area contributed by atoms with Crippen LogP contribution in [0.1, 0.15) is 16.7 Å². The molecule has 0 saturated heterocycles. The quantitative estimate of drug-likeness (QED) is 0.760. The third-order valence-electron chi connectivity index (χ3n) is 3.47. The van der Waals surface area contributed by atoms with Crippen molar-refractivity contribution >= 4 is 17.7 Å². The lowest BCUT2D eigenvalue weighted by Crippen LogP contribution is -2.31. The highest BCUT2D eigenvalue weighted by Gasteiger charge is 2.24. The normalized spacial score (nSPS) is 16.6. The van der Waals surface area contributed by atoms with Crippen LogP contribution in [0.2, 0.25) is 0 Å². The number of rotatable bonds is 1. The second-order valence-corrected chi connectivity index (χ2v) is 4.73. The molecule has 0 spiro atoms. The Morgan fingerprint density at radius 2 is 1.68 bits per heavy atom. The predicted molar refractivity (Wildman–Crippen MR) is 77.2 cm³/mol. The van der Waals surface area contributed by atoms with Gasteiger partial charge >= 0.3 is 0 Å². The second-order valence-electron chi connectivity index (χ2n) is 4.73. The van der Waals surface area contributed by atoms with Crippen molar-refractivity contribution in [3.8, 4) is 0 Å². The van der Waals surface area contributed by atoms with Gasteiger partial charge in [0.25, 0.3) is 0 Å². The Labute approximate surface area is 113 Å². The lowest BCUT2D eigenvalue weighted by atomic mass is 9.95. The lowest BCUT2D eigenvalue weighted by Gasteiger charge is -2.28. The molecule has 1 heterocycles. The van der Waals surface area contributed by atoms with Crippen molar-refractivity contribution in [1.29, 1.82) is 0 Å². The van der Waals surface area contributed by atoms with Gasteiger partial charge in [-0.3, -0.25) is 4.79 Å². The molecule has 1 amide bonds. The summed E-state index contributed by atoms with van der Waals surface area (Å²) in [6.07, 6.45) is 2.55. The van der Waals surface area contributed by atoms with Gasteiger partial charge in [-0.2, -0.15) is 0 Å². The minimum Gasteiger partial charge on any atom is -0.315 e. The molecule has 0 aliphatic carbocycles. The Bertz CT molecular complexity index is 643. The minimum atomic E-state index is 0.140. The van der Waals surface area contributed by atoms with E-state index >= 15 is 0 Å². The predicted octanol–water partition coefficient (Wildman–Crippen LogP) is 3.20. The molecule has 0 atom stereocenters. The zero-order chi connectivity index (χ0) is 13.2. The number of carbonyl (C=O) groups excluding carboxylic acids is 1. The van der Waals surface area contributed by atoms with Gasteiger partial charge in [0.2, 0.25) is 5.91 Å². The Balaban J connectivity index is 2.14. The number of hydrogen-bond donors (Lipinski definition) is 0. The summed E-state index contributed by atoms with van der Waals surface area (Å²) >= 11 is 0. The SMILES string of the molecule is CN1C(=O)Cc2ccccc2/C1=C/c1ccccc1. The summed E-state index contributed by atoms with van der Waals surface area (Å²) < 4.78 is 0. The molecule has 2 aromatic rings. The zero-order valence-electron chi connectivity index (χ0n) is 10.8. The molecule has 0 saturated carbocycles. The Hall–Kier alpha value is -2.35. The summed E-state index contributed by atoms with van der Waals surface area (Å²) in [6.45, 7) is 0. The van der Waals surface area contributed by atoms with Crippen LogP contribution in [0.15, 0.2) is 54.6 Å². The van der Waals surface area contributed by atoms with Crippen LogP contribution >= 0.6 is 0 Å². The summed E-state index contributed by atoms with van der Waals surface area (Å²) in [6, 6.07) is 18.2. The van der Waals surface area contributed by atoms with E-state index in [0.29, 0.717) is 6.42 Å². The van der Waals surface area contributed by atoms with Gasteiger partial charge in [0.05, 0.1) is 12.1 Å². The van der Waals surface area contributed by atoms with Gasteiger partial charge in [0.1, 0.15) is 0 Å². The maximum Gasteiger partial charge on any atom is 0.231 e. The van der Waals surface area contributed by atoms with Crippen molar-refractivity contribution in [2.75, 3.05) is 7.05 Å². The van der Waals surface area contributed by atoms with Gasteiger partial charge < -0.3 is 4.90 Å². The molecule has 0 aromatic heterocycles. The molecule has 3 rings (SSSR count). The summed E-state index contributed by atoms with van der Waals surface area (Å²) in [5.41, 5.74) is 4.33. The van der Waals surface area contributed by atoms with E-state index in [4.69, 9.17) is 0 Å². The molecule has 0 fully saturated rings. The van der Waals surface area contributed by atoms with Crippen LogP contribution in [0.25, 0.3) is 11.8 Å². The first kappa shape index (κ1) is 11.7. The average Bonchev–Trinajstić information content (AvgIpc) is 2.45. The van der Waals surface area contributed by atoms with E-state index in [-0.39, 0.29) is 5.91 Å². The number of carbonyl (C=O) groups is 1. The van der Waals surface area contributed by atoms with Gasteiger partial charge in [-0.25, -0.2) is 0 Å². The van der Waals surface area contributed by atoms with Crippen molar-refractivity contribution < 1.29 is 4.79 Å². The van der Waals surface area contributed by atoms with Crippen molar-refractivity contribution in [3.63, 3.8) is 0 Å². The topological polar surface area (TPSA) is 20.3 Å². The number of benzene rings is 2. The van der Waals surface area contributed by atoms with E-state index in [1.165, 1.54) is 0 Å². The summed E-state index contributed by atoms with van der Waals surface area (Å²) in [7, 11) is 1.84. The molecule has 0 bridgehead atoms. The summed E-state index contributed by atoms with van der Waals surface area (Å²) in [5, 5.41) is 0. The molecule has 2 heteroatoms. The fraction of sp³-hybridized carbons (Fsp3) is 0.118. The Morgan fingerprint density at radius 3 is 2.47 bits per heavy atom. The van der Waals surface area contributed by atoms with E-state index in [1.807, 2.05) is 55.6 Å². The third kappa shape index (κ3) is 2.17. The molecule has 2 nitrogen and oxygen atoms in total. The molecule has 1 aliphatic heterocycles. The van der Waals surface area contributed by atoms with Crippen molar-refractivity contribution in [2.24, 2.45) is 0 Å². The van der Waals surface area contributed by atoms with Crippen LogP contribution in [-0.2, 0) is 11.2 Å². The fourth-order valence-electron chi connectivity index (χ4n) is 2.40. The average molecular weight is 249 g/mol. The molecule has 19 heavy (non-hydrogen) atoms. The van der Waals surface area contributed by atoms with Gasteiger partial charge in [-0.15, -0.1) is 0 Å². The Kier molecular flexibility index (Phi) is 2.92. The van der Waals surface area contributed by atoms with Crippen LogP contribution in [0.5, 0.6) is 0 Å². The summed E-state index contributed by atoms with van der Waals surface area (Å²) in [4.78, 5) is 13.8. The second kappa shape index (κ2) is 4.73. The number of amides is 1. The molecular weight excluding hydrogens is 234 g/mol. The number of hydrogen-bond acceptors (Lipinski definition) is 1. The minimum absolute atomic E-state index is 0.140. The first-order chi connectivity index (χ1) is 9.25. The van der Waals surface area contributed by atoms with E-state index < -0.39 is 0 Å². The van der Waals surface area contributed by atoms with Gasteiger partial charge in [0, 0.05) is 12.6 Å². The standard InChI is InChI=1S/C17H15NO/c1-18-16(11-13-7-3-2-4-8-13)15-10-6-5-9-14(15)12-17(18)19/h2-11H,12H2,1H3/b16-11-. The first-order valence-electron chi connectivity index (χ1n) is 6.37. The molecule has 0 N–H and O–H groups in total. The number of fused-ring (bicyclic) bond motifs is 1. The lowest BCUT2D eigenvalue weighted by molar-refractivity contribution is -0.126. The third-order valence-corrected chi connectivity index (χ3v) is 3.47. The monoisotopic (exact) mass is 249 g/mol. The van der Waals surface area contributed by atoms with Crippen molar-refractivity contribution in [3.05, 3.63) is 71.3 Å². The maximum atomic E-state index is 12.0. The Morgan fingerprint density at radius 1 is 1.00 bits per heavy atom. The summed E-state index contributed by atoms with van der Waals surface area (Å²) in [5.74, 6) is 0.140. The van der Waals surface area contributed by atoms with E-state index in [0.717, 1.165) is 22.4 Å². The van der Waals surface area contributed by atoms with Crippen LogP contribution in [0.4, 0.5) is 0 Å². The molecule has 1 aliphatic rings. The van der Waals surface area contributed by atoms with E-state index in [1.54, 1.807) is 4.90 Å². The van der Waals surface area contributed by atoms with E-state index in [2.05, 4.69) is 12.1 Å². The molecule has 2 aromatic carbocycles. The van der Waals surface area contributed by atoms with Crippen molar-refractivity contribution in [2.45, 2.75) is 6.42 Å². The van der Waals surface area contributed by atoms with E-state index in [9.17, 15) is 4.79 Å². The van der Waals surface area contributed by atoms with Gasteiger partial charge in [-0.1, -0.05) is 54.6 Å². The maximum absolute atomic E-state index is 12.0. The zero-order valence-corrected chi connectivity index (χ0v) is 10.8. The number of likely N-dealkylation sites (N-methyl/N-ethyl adjacent to an activating group) is 1. The molecule has 94 valence electrons. The van der Waals surface area contributed by atoms with Crippen LogP contribution < -0.4 is 0 Å².